The Morgan fingerprint density at radius 1 is 1.18 bits per heavy atom. The van der Waals surface area contributed by atoms with Gasteiger partial charge in [-0.3, -0.25) is 0 Å². The molecule has 1 aliphatic rings. The van der Waals surface area contributed by atoms with Crippen molar-refractivity contribution in [2.75, 3.05) is 7.11 Å². The first-order valence-electron chi connectivity index (χ1n) is 6.59. The molecular weight excluding hydrogens is 285 g/mol. The van der Waals surface area contributed by atoms with Crippen molar-refractivity contribution >= 4 is 17.9 Å². The molecule has 2 aromatic rings. The van der Waals surface area contributed by atoms with Gasteiger partial charge in [-0.25, -0.2) is 14.2 Å². The van der Waals surface area contributed by atoms with Gasteiger partial charge in [0.2, 0.25) is 5.90 Å². The highest BCUT2D eigenvalue weighted by atomic mass is 19.1. The Kier molecular flexibility index (Phi) is 3.70. The van der Waals surface area contributed by atoms with Gasteiger partial charge in [0, 0.05) is 0 Å². The van der Waals surface area contributed by atoms with E-state index < -0.39 is 5.97 Å². The van der Waals surface area contributed by atoms with Crippen LogP contribution in [0, 0.1) is 5.82 Å². The summed E-state index contributed by atoms with van der Waals surface area (Å²) in [7, 11) is 1.53. The molecule has 5 heteroatoms. The second kappa shape index (κ2) is 5.81. The fourth-order valence-electron chi connectivity index (χ4n) is 2.10. The van der Waals surface area contributed by atoms with Crippen molar-refractivity contribution < 1.29 is 18.7 Å². The van der Waals surface area contributed by atoms with Crippen LogP contribution in [-0.2, 0) is 9.53 Å². The van der Waals surface area contributed by atoms with Crippen LogP contribution >= 0.6 is 0 Å². The number of hydrogen-bond donors (Lipinski definition) is 0. The number of carbonyl (C=O) groups is 1. The molecule has 0 N–H and O–H groups in total. The van der Waals surface area contributed by atoms with Crippen molar-refractivity contribution in [2.45, 2.75) is 0 Å². The summed E-state index contributed by atoms with van der Waals surface area (Å²) in [6, 6.07) is 13.0. The van der Waals surface area contributed by atoms with E-state index in [4.69, 9.17) is 9.47 Å². The fraction of sp³-hybridized carbons (Fsp3) is 0.0588. The molecule has 3 rings (SSSR count). The van der Waals surface area contributed by atoms with Crippen LogP contribution in [0.5, 0.6) is 5.75 Å². The molecule has 0 radical (unpaired) electrons. The first kappa shape index (κ1) is 14.0. The third kappa shape index (κ3) is 2.74. The maximum atomic E-state index is 13.2. The third-order valence-corrected chi connectivity index (χ3v) is 3.11. The van der Waals surface area contributed by atoms with Crippen LogP contribution in [0.25, 0.3) is 6.08 Å². The van der Waals surface area contributed by atoms with Gasteiger partial charge in [-0.15, -0.1) is 0 Å². The zero-order valence-electron chi connectivity index (χ0n) is 11.7. The largest absolute Gasteiger partial charge is 0.496 e. The van der Waals surface area contributed by atoms with Crippen LogP contribution in [0.2, 0.25) is 0 Å². The van der Waals surface area contributed by atoms with Gasteiger partial charge in [-0.05, 0) is 35.9 Å². The maximum absolute atomic E-state index is 13.2. The standard InChI is InChI=1S/C17H12FNO3/c1-21-15-8-3-2-7-13(15)16-19-14(17(20)22-16)10-11-5-4-6-12(18)9-11/h2-10H,1H3/b14-10-. The average Bonchev–Trinajstić information content (AvgIpc) is 2.88. The number of esters is 1. The number of para-hydroxylation sites is 1. The van der Waals surface area contributed by atoms with Gasteiger partial charge in [-0.2, -0.15) is 0 Å². The zero-order chi connectivity index (χ0) is 15.5. The van der Waals surface area contributed by atoms with Gasteiger partial charge in [0.1, 0.15) is 11.6 Å². The highest BCUT2D eigenvalue weighted by molar-refractivity contribution is 6.13. The number of methoxy groups -OCH3 is 1. The molecule has 0 saturated heterocycles. The Balaban J connectivity index is 1.98. The molecule has 4 nitrogen and oxygen atoms in total. The van der Waals surface area contributed by atoms with Crippen LogP contribution in [0.1, 0.15) is 11.1 Å². The summed E-state index contributed by atoms with van der Waals surface area (Å²) in [6.07, 6.45) is 1.48. The van der Waals surface area contributed by atoms with E-state index in [1.54, 1.807) is 30.3 Å². The van der Waals surface area contributed by atoms with E-state index in [1.807, 2.05) is 6.07 Å². The van der Waals surface area contributed by atoms with E-state index in [0.29, 0.717) is 16.9 Å². The lowest BCUT2D eigenvalue weighted by atomic mass is 10.2. The minimum atomic E-state index is -0.579. The lowest BCUT2D eigenvalue weighted by Gasteiger charge is -2.05. The van der Waals surface area contributed by atoms with Gasteiger partial charge in [0.25, 0.3) is 0 Å². The number of halogens is 1. The van der Waals surface area contributed by atoms with E-state index in [9.17, 15) is 9.18 Å². The number of ether oxygens (including phenoxy) is 2. The molecule has 0 aliphatic carbocycles. The number of rotatable bonds is 3. The first-order chi connectivity index (χ1) is 10.7. The number of carbonyl (C=O) groups excluding carboxylic acids is 1. The van der Waals surface area contributed by atoms with Crippen molar-refractivity contribution in [1.82, 2.24) is 0 Å². The van der Waals surface area contributed by atoms with Crippen LogP contribution in [0.4, 0.5) is 4.39 Å². The molecule has 0 unspecified atom stereocenters. The van der Waals surface area contributed by atoms with Crippen LogP contribution in [0.15, 0.2) is 59.2 Å². The fourth-order valence-corrected chi connectivity index (χ4v) is 2.10. The summed E-state index contributed by atoms with van der Waals surface area (Å²) in [6.45, 7) is 0. The zero-order valence-corrected chi connectivity index (χ0v) is 11.7. The Labute approximate surface area is 126 Å². The van der Waals surface area contributed by atoms with Crippen molar-refractivity contribution in [1.29, 1.82) is 0 Å². The van der Waals surface area contributed by atoms with Crippen LogP contribution in [0.3, 0.4) is 0 Å². The molecule has 0 amide bonds. The Morgan fingerprint density at radius 3 is 2.77 bits per heavy atom. The van der Waals surface area contributed by atoms with Crippen molar-refractivity contribution in [3.8, 4) is 5.75 Å². The average molecular weight is 297 g/mol. The summed E-state index contributed by atoms with van der Waals surface area (Å²) < 4.78 is 23.6. The van der Waals surface area contributed by atoms with E-state index in [-0.39, 0.29) is 17.4 Å². The highest BCUT2D eigenvalue weighted by Crippen LogP contribution is 2.24. The number of cyclic esters (lactones) is 1. The summed E-state index contributed by atoms with van der Waals surface area (Å²) in [5, 5.41) is 0. The predicted octanol–water partition coefficient (Wildman–Crippen LogP) is 3.18. The predicted molar refractivity (Wildman–Crippen MR) is 80.0 cm³/mol. The van der Waals surface area contributed by atoms with Gasteiger partial charge in [-0.1, -0.05) is 24.3 Å². The minimum absolute atomic E-state index is 0.117. The van der Waals surface area contributed by atoms with E-state index >= 15 is 0 Å². The highest BCUT2D eigenvalue weighted by Gasteiger charge is 2.26. The molecule has 0 saturated carbocycles. The molecule has 0 spiro atoms. The van der Waals surface area contributed by atoms with Gasteiger partial charge < -0.3 is 9.47 Å². The van der Waals surface area contributed by atoms with Gasteiger partial charge in [0.05, 0.1) is 12.7 Å². The topological polar surface area (TPSA) is 47.9 Å². The van der Waals surface area contributed by atoms with Crippen molar-refractivity contribution in [3.63, 3.8) is 0 Å². The first-order valence-corrected chi connectivity index (χ1v) is 6.59. The van der Waals surface area contributed by atoms with E-state index in [2.05, 4.69) is 4.99 Å². The molecule has 110 valence electrons. The number of benzene rings is 2. The summed E-state index contributed by atoms with van der Waals surface area (Å²) in [5.74, 6) is -0.231. The van der Waals surface area contributed by atoms with E-state index in [1.165, 1.54) is 25.3 Å². The number of nitrogens with zero attached hydrogens (tertiary/aromatic N) is 1. The second-order valence-corrected chi connectivity index (χ2v) is 4.59. The molecule has 0 fully saturated rings. The summed E-state index contributed by atoms with van der Waals surface area (Å²) in [4.78, 5) is 16.1. The van der Waals surface area contributed by atoms with Crippen molar-refractivity contribution in [2.24, 2.45) is 4.99 Å². The quantitative estimate of drug-likeness (QED) is 0.646. The molecule has 0 atom stereocenters. The SMILES string of the molecule is COc1ccccc1C1=N/C(=C\c2cccc(F)c2)C(=O)O1. The van der Waals surface area contributed by atoms with Crippen molar-refractivity contribution in [3.05, 3.63) is 71.2 Å². The lowest BCUT2D eigenvalue weighted by Crippen LogP contribution is -2.06. The monoisotopic (exact) mass is 297 g/mol. The van der Waals surface area contributed by atoms with Crippen LogP contribution < -0.4 is 4.74 Å². The normalized spacial score (nSPS) is 15.6. The molecular formula is C17H12FNO3. The summed E-state index contributed by atoms with van der Waals surface area (Å²) >= 11 is 0. The second-order valence-electron chi connectivity index (χ2n) is 4.59. The molecule has 0 aromatic heterocycles. The molecule has 0 bridgehead atoms. The lowest BCUT2D eigenvalue weighted by molar-refractivity contribution is -0.129. The molecule has 1 aliphatic heterocycles. The van der Waals surface area contributed by atoms with Gasteiger partial charge in [0.15, 0.2) is 5.70 Å². The molecule has 1 heterocycles. The number of hydrogen-bond acceptors (Lipinski definition) is 4. The summed E-state index contributed by atoms with van der Waals surface area (Å²) in [5.41, 5.74) is 1.24. The van der Waals surface area contributed by atoms with E-state index in [0.717, 1.165) is 0 Å². The third-order valence-electron chi connectivity index (χ3n) is 3.11. The number of aliphatic imine (C=N–C) groups is 1. The minimum Gasteiger partial charge on any atom is -0.496 e. The van der Waals surface area contributed by atoms with Crippen LogP contribution in [-0.4, -0.2) is 19.0 Å². The molecule has 2 aromatic carbocycles. The maximum Gasteiger partial charge on any atom is 0.363 e. The molecule has 22 heavy (non-hydrogen) atoms. The Bertz CT molecular complexity index is 796. The Hall–Kier alpha value is -2.95. The smallest absolute Gasteiger partial charge is 0.363 e. The Morgan fingerprint density at radius 2 is 2.00 bits per heavy atom. The van der Waals surface area contributed by atoms with Gasteiger partial charge >= 0.3 is 5.97 Å².